The fraction of sp³-hybridized carbons (Fsp3) is 0.567. The fourth-order valence-electron chi connectivity index (χ4n) is 8.12. The molecule has 1 aromatic rings. The molecule has 3 saturated carbocycles. The van der Waals surface area contributed by atoms with Crippen molar-refractivity contribution < 1.29 is 41.8 Å². The van der Waals surface area contributed by atoms with E-state index in [4.69, 9.17) is 9.15 Å². The van der Waals surface area contributed by atoms with Crippen molar-refractivity contribution >= 4 is 28.6 Å². The van der Waals surface area contributed by atoms with Gasteiger partial charge >= 0.3 is 5.97 Å². The molecular weight excluding hydrogens is 545 g/mol. The van der Waals surface area contributed by atoms with Gasteiger partial charge in [-0.3, -0.25) is 9.59 Å². The van der Waals surface area contributed by atoms with Crippen molar-refractivity contribution in [3.63, 3.8) is 0 Å². The van der Waals surface area contributed by atoms with E-state index in [2.05, 4.69) is 11.8 Å². The van der Waals surface area contributed by atoms with E-state index in [0.717, 1.165) is 17.8 Å². The van der Waals surface area contributed by atoms with E-state index in [1.54, 1.807) is 13.8 Å². The molecule has 4 aliphatic rings. The third-order valence-corrected chi connectivity index (χ3v) is 10.8. The lowest BCUT2D eigenvalue weighted by Crippen LogP contribution is -2.70. The Bertz CT molecular complexity index is 1350. The summed E-state index contributed by atoms with van der Waals surface area (Å²) < 4.78 is 57.1. The van der Waals surface area contributed by atoms with Crippen LogP contribution >= 0.6 is 11.8 Å². The summed E-state index contributed by atoms with van der Waals surface area (Å²) in [6, 6.07) is 2.89. The van der Waals surface area contributed by atoms with Gasteiger partial charge in [0.15, 0.2) is 17.1 Å². The minimum Gasteiger partial charge on any atom is -0.457 e. The molecule has 1 N–H and O–H groups in total. The van der Waals surface area contributed by atoms with E-state index in [9.17, 15) is 23.9 Å². The lowest BCUT2D eigenvalue weighted by molar-refractivity contribution is -0.221. The molecule has 0 spiro atoms. The van der Waals surface area contributed by atoms with Gasteiger partial charge in [-0.25, -0.2) is 18.0 Å². The van der Waals surface area contributed by atoms with Crippen molar-refractivity contribution in [2.45, 2.75) is 63.6 Å². The highest BCUT2D eigenvalue weighted by Gasteiger charge is 2.78. The highest BCUT2D eigenvalue weighted by molar-refractivity contribution is 8.14. The van der Waals surface area contributed by atoms with Crippen molar-refractivity contribution in [2.24, 2.45) is 28.6 Å². The first-order valence-corrected chi connectivity index (χ1v) is 14.3. The number of aliphatic hydroxyl groups is 1. The van der Waals surface area contributed by atoms with Gasteiger partial charge in [0.1, 0.15) is 12.8 Å². The summed E-state index contributed by atoms with van der Waals surface area (Å²) in [5.74, 6) is 0.919. The number of aliphatic hydroxyl groups excluding tert-OH is 1. The van der Waals surface area contributed by atoms with E-state index in [1.807, 2.05) is 0 Å². The first-order chi connectivity index (χ1) is 18.9. The number of rotatable bonds is 4. The number of fused-ring (bicyclic) bond motifs is 5. The molecule has 3 fully saturated rings. The number of furan rings is 1. The van der Waals surface area contributed by atoms with Gasteiger partial charge in [-0.05, 0) is 62.0 Å². The number of hydrogen-bond acceptors (Lipinski definition) is 7. The second-order valence-electron chi connectivity index (χ2n) is 11.7. The van der Waals surface area contributed by atoms with Crippen LogP contribution < -0.4 is 0 Å². The smallest absolute Gasteiger partial charge is 0.375 e. The number of esters is 1. The van der Waals surface area contributed by atoms with Crippen LogP contribution in [0.15, 0.2) is 46.6 Å². The van der Waals surface area contributed by atoms with Crippen LogP contribution in [-0.4, -0.2) is 57.9 Å². The quantitative estimate of drug-likeness (QED) is 0.400. The molecule has 0 amide bonds. The number of carbonyl (C=O) groups excluding carboxylic acids is 3. The van der Waals surface area contributed by atoms with Gasteiger partial charge in [-0.2, -0.15) is 0 Å². The molecule has 9 atom stereocenters. The Morgan fingerprint density at radius 3 is 2.67 bits per heavy atom. The van der Waals surface area contributed by atoms with Crippen molar-refractivity contribution in [2.75, 3.05) is 12.4 Å². The molecule has 0 aliphatic heterocycles. The van der Waals surface area contributed by atoms with Crippen LogP contribution in [0.4, 0.5) is 13.2 Å². The summed E-state index contributed by atoms with van der Waals surface area (Å²) in [5.41, 5.74) is -7.05. The minimum absolute atomic E-state index is 0.000952. The molecule has 0 aromatic carbocycles. The molecule has 6 nitrogen and oxygen atoms in total. The van der Waals surface area contributed by atoms with E-state index >= 15 is 8.78 Å². The van der Waals surface area contributed by atoms with Crippen molar-refractivity contribution in [3.8, 4) is 11.8 Å². The van der Waals surface area contributed by atoms with Crippen molar-refractivity contribution in [1.29, 1.82) is 0 Å². The largest absolute Gasteiger partial charge is 0.457 e. The third kappa shape index (κ3) is 3.80. The van der Waals surface area contributed by atoms with Gasteiger partial charge < -0.3 is 14.3 Å². The molecule has 5 rings (SSSR count). The van der Waals surface area contributed by atoms with E-state index < -0.39 is 75.7 Å². The van der Waals surface area contributed by atoms with Crippen LogP contribution in [0.1, 0.15) is 50.6 Å². The van der Waals surface area contributed by atoms with E-state index in [-0.39, 0.29) is 36.3 Å². The number of thioether (sulfide) groups is 1. The van der Waals surface area contributed by atoms with Gasteiger partial charge in [-0.1, -0.05) is 43.5 Å². The Kier molecular flexibility index (Phi) is 7.15. The number of halogens is 3. The summed E-state index contributed by atoms with van der Waals surface area (Å²) in [4.78, 5) is 39.4. The number of ether oxygens (including phenoxy) is 1. The normalized spacial score (nSPS) is 41.6. The Morgan fingerprint density at radius 1 is 1.25 bits per heavy atom. The maximum atomic E-state index is 17.5. The van der Waals surface area contributed by atoms with E-state index in [0.29, 0.717) is 0 Å². The second kappa shape index (κ2) is 9.95. The van der Waals surface area contributed by atoms with E-state index in [1.165, 1.54) is 37.5 Å². The average Bonchev–Trinajstić information content (AvgIpc) is 3.52. The summed E-state index contributed by atoms with van der Waals surface area (Å²) in [7, 11) is 0. The Balaban J connectivity index is 1.61. The lowest BCUT2D eigenvalue weighted by Gasteiger charge is -2.63. The lowest BCUT2D eigenvalue weighted by atomic mass is 9.44. The summed E-state index contributed by atoms with van der Waals surface area (Å²) in [5, 5.41) is 11.1. The van der Waals surface area contributed by atoms with Crippen LogP contribution in [0.3, 0.4) is 0 Å². The average molecular weight is 577 g/mol. The Morgan fingerprint density at radius 2 is 2.00 bits per heavy atom. The number of carbonyl (C=O) groups is 3. The maximum absolute atomic E-state index is 17.5. The first kappa shape index (κ1) is 28.7. The molecule has 214 valence electrons. The molecular formula is C30H31F3O6S. The van der Waals surface area contributed by atoms with Crippen LogP contribution in [0.25, 0.3) is 0 Å². The maximum Gasteiger partial charge on any atom is 0.375 e. The number of alkyl halides is 3. The molecule has 40 heavy (non-hydrogen) atoms. The van der Waals surface area contributed by atoms with Gasteiger partial charge in [0.2, 0.25) is 10.9 Å². The van der Waals surface area contributed by atoms with Gasteiger partial charge in [0.05, 0.1) is 18.1 Å². The van der Waals surface area contributed by atoms with Crippen LogP contribution in [0.5, 0.6) is 0 Å². The molecule has 0 saturated heterocycles. The zero-order chi connectivity index (χ0) is 29.1. The number of ketones is 1. The number of hydrogen-bond donors (Lipinski definition) is 1. The predicted octanol–water partition coefficient (Wildman–Crippen LogP) is 4.97. The number of allylic oxidation sites excluding steroid dienone is 4. The van der Waals surface area contributed by atoms with Gasteiger partial charge in [0, 0.05) is 22.7 Å². The molecule has 4 aliphatic carbocycles. The molecule has 1 heterocycles. The van der Waals surface area contributed by atoms with Crippen molar-refractivity contribution in [3.05, 3.63) is 48.0 Å². The third-order valence-electron chi connectivity index (χ3n) is 9.92. The second-order valence-corrected chi connectivity index (χ2v) is 12.6. The monoisotopic (exact) mass is 576 g/mol. The van der Waals surface area contributed by atoms with Gasteiger partial charge in [0.25, 0.3) is 0 Å². The highest BCUT2D eigenvalue weighted by atomic mass is 32.2. The molecule has 0 bridgehead atoms. The Labute approximate surface area is 234 Å². The molecule has 0 unspecified atom stereocenters. The zero-order valence-corrected chi connectivity index (χ0v) is 23.2. The Hall–Kier alpha value is -2.77. The summed E-state index contributed by atoms with van der Waals surface area (Å²) in [6.45, 7) is 4.03. The van der Waals surface area contributed by atoms with Crippen molar-refractivity contribution in [1.82, 2.24) is 0 Å². The highest BCUT2D eigenvalue weighted by Crippen LogP contribution is 2.72. The summed E-state index contributed by atoms with van der Waals surface area (Å²) in [6.07, 6.45) is 1.31. The zero-order valence-electron chi connectivity index (χ0n) is 22.4. The SMILES string of the molecule is C[C@@H]1C[C@H]2[C@@H]3C[C@H](F)C4=CC(=O)C=C[C@]4(C)[C@@]3(F)[C@@H](O)C[C@]2(C)[C@@]1(OC(=O)c1ccco1)C(=O)SCC#CCF. The fourth-order valence-corrected chi connectivity index (χ4v) is 9.11. The molecule has 0 radical (unpaired) electrons. The molecule has 1 aromatic heterocycles. The molecule has 10 heteroatoms. The van der Waals surface area contributed by atoms with Crippen LogP contribution in [-0.2, 0) is 14.3 Å². The summed E-state index contributed by atoms with van der Waals surface area (Å²) >= 11 is 0.763. The van der Waals surface area contributed by atoms with Crippen LogP contribution in [0, 0.1) is 40.4 Å². The first-order valence-electron chi connectivity index (χ1n) is 13.3. The topological polar surface area (TPSA) is 93.8 Å². The minimum atomic E-state index is -2.34. The predicted molar refractivity (Wildman–Crippen MR) is 141 cm³/mol. The standard InChI is InChI=1S/C30H31F3O6S/c1-17-13-19-20-15-22(32)21-14-18(34)8-9-27(21,2)29(20,33)24(35)16-28(19,3)30(17,26(37)40-12-5-4-10-31)39-25(36)23-7-6-11-38-23/h6-9,11,14,17,19-20,22,24,35H,10,12-13,15-16H2,1-3H3/t17-,19+,20+,22+,24+,27+,28+,29+,30+/m1/s1. The van der Waals surface area contributed by atoms with Crippen LogP contribution in [0.2, 0.25) is 0 Å². The van der Waals surface area contributed by atoms with Gasteiger partial charge in [-0.15, -0.1) is 0 Å².